The summed E-state index contributed by atoms with van der Waals surface area (Å²) in [7, 11) is 0. The van der Waals surface area contributed by atoms with Crippen LogP contribution in [0.25, 0.3) is 0 Å². The molecule has 109 valence electrons. The van der Waals surface area contributed by atoms with E-state index in [9.17, 15) is 17.6 Å². The highest BCUT2D eigenvalue weighted by atomic mass is 19.3. The standard InChI is InChI=1S/C15H10F4NO/c16-13-7-3-5-11(14(13)17)9-21-20-8-10-4-1-2-6-12(10)15(18)19/h1-7,15H,9H2. The minimum Gasteiger partial charge on any atom is -0.390 e. The van der Waals surface area contributed by atoms with Crippen molar-refractivity contribution >= 4 is 6.21 Å². The van der Waals surface area contributed by atoms with Crippen LogP contribution in [0.5, 0.6) is 0 Å². The second kappa shape index (κ2) is 6.88. The first kappa shape index (κ1) is 15.0. The molecule has 2 nitrogen and oxygen atoms in total. The van der Waals surface area contributed by atoms with Crippen molar-refractivity contribution in [2.75, 3.05) is 0 Å². The number of alkyl halides is 2. The van der Waals surface area contributed by atoms with Crippen LogP contribution >= 0.6 is 0 Å². The highest BCUT2D eigenvalue weighted by Gasteiger charge is 2.11. The van der Waals surface area contributed by atoms with Gasteiger partial charge in [-0.2, -0.15) is 0 Å². The van der Waals surface area contributed by atoms with Crippen LogP contribution in [0.3, 0.4) is 0 Å². The Morgan fingerprint density at radius 3 is 2.57 bits per heavy atom. The summed E-state index contributed by atoms with van der Waals surface area (Å²) in [5.74, 6) is -2.02. The van der Waals surface area contributed by atoms with Crippen molar-refractivity contribution in [1.29, 1.82) is 0 Å². The van der Waals surface area contributed by atoms with Crippen LogP contribution < -0.4 is 0 Å². The Balaban J connectivity index is 2.02. The number of nitrogens with zero attached hydrogens (tertiary/aromatic N) is 1. The van der Waals surface area contributed by atoms with Crippen LogP contribution in [0, 0.1) is 11.6 Å². The van der Waals surface area contributed by atoms with Gasteiger partial charge in [-0.3, -0.25) is 0 Å². The lowest BCUT2D eigenvalue weighted by molar-refractivity contribution is 0.128. The van der Waals surface area contributed by atoms with E-state index in [0.29, 0.717) is 0 Å². The third-order valence-electron chi connectivity index (χ3n) is 2.68. The van der Waals surface area contributed by atoms with Gasteiger partial charge in [-0.05, 0) is 6.07 Å². The Kier molecular flexibility index (Phi) is 4.92. The van der Waals surface area contributed by atoms with Crippen molar-refractivity contribution in [2.24, 2.45) is 5.16 Å². The van der Waals surface area contributed by atoms with Gasteiger partial charge in [-0.25, -0.2) is 17.6 Å². The van der Waals surface area contributed by atoms with Gasteiger partial charge in [0.1, 0.15) is 12.8 Å². The lowest BCUT2D eigenvalue weighted by atomic mass is 10.1. The second-order valence-corrected chi connectivity index (χ2v) is 4.08. The van der Waals surface area contributed by atoms with E-state index >= 15 is 0 Å². The Hall–Kier alpha value is -2.37. The summed E-state index contributed by atoms with van der Waals surface area (Å²) in [5.41, 5.74) is -0.184. The molecule has 0 aliphatic carbocycles. The van der Waals surface area contributed by atoms with Crippen LogP contribution in [0.4, 0.5) is 17.6 Å². The first-order chi connectivity index (χ1) is 10.1. The van der Waals surface area contributed by atoms with Gasteiger partial charge in [0.15, 0.2) is 11.6 Å². The molecule has 0 saturated heterocycles. The first-order valence-electron chi connectivity index (χ1n) is 5.97. The van der Waals surface area contributed by atoms with E-state index in [1.807, 2.05) is 0 Å². The van der Waals surface area contributed by atoms with E-state index in [2.05, 4.69) is 11.4 Å². The van der Waals surface area contributed by atoms with Crippen molar-refractivity contribution in [3.05, 3.63) is 70.8 Å². The van der Waals surface area contributed by atoms with Crippen molar-refractivity contribution in [3.8, 4) is 0 Å². The van der Waals surface area contributed by atoms with Crippen LogP contribution in [0.2, 0.25) is 0 Å². The third-order valence-corrected chi connectivity index (χ3v) is 2.68. The molecule has 2 rings (SSSR count). The molecule has 0 bridgehead atoms. The zero-order valence-corrected chi connectivity index (χ0v) is 10.7. The molecule has 0 N–H and O–H groups in total. The first-order valence-corrected chi connectivity index (χ1v) is 5.97. The molecular formula is C15H10F4NO. The highest BCUT2D eigenvalue weighted by molar-refractivity contribution is 5.81. The van der Waals surface area contributed by atoms with Crippen LogP contribution in [0.1, 0.15) is 23.1 Å². The molecule has 0 atom stereocenters. The molecule has 0 aliphatic heterocycles. The second-order valence-electron chi connectivity index (χ2n) is 4.08. The van der Waals surface area contributed by atoms with Gasteiger partial charge in [0.05, 0.1) is 0 Å². The summed E-state index contributed by atoms with van der Waals surface area (Å²) in [6, 6.07) is 9.31. The average molecular weight is 296 g/mol. The van der Waals surface area contributed by atoms with E-state index in [0.717, 1.165) is 6.07 Å². The molecule has 0 aliphatic rings. The molecule has 21 heavy (non-hydrogen) atoms. The minimum absolute atomic E-state index is 0.0253. The van der Waals surface area contributed by atoms with Gasteiger partial charge in [-0.1, -0.05) is 41.6 Å². The topological polar surface area (TPSA) is 21.6 Å². The minimum atomic E-state index is -2.66. The Labute approximate surface area is 118 Å². The average Bonchev–Trinajstić information content (AvgIpc) is 2.48. The number of hydrogen-bond acceptors (Lipinski definition) is 2. The van der Waals surface area contributed by atoms with Gasteiger partial charge >= 0.3 is 0 Å². The summed E-state index contributed by atoms with van der Waals surface area (Å²) >= 11 is 0. The molecule has 1 radical (unpaired) electrons. The maximum Gasteiger partial charge on any atom is 0.264 e. The summed E-state index contributed by atoms with van der Waals surface area (Å²) in [6.45, 7) is -0.326. The zero-order chi connectivity index (χ0) is 15.2. The molecule has 0 amide bonds. The smallest absolute Gasteiger partial charge is 0.264 e. The fourth-order valence-electron chi connectivity index (χ4n) is 1.63. The Morgan fingerprint density at radius 2 is 1.81 bits per heavy atom. The van der Waals surface area contributed by atoms with Crippen molar-refractivity contribution in [2.45, 2.75) is 13.0 Å². The molecule has 0 aromatic heterocycles. The van der Waals surface area contributed by atoms with E-state index in [4.69, 9.17) is 4.84 Å². The molecule has 0 fully saturated rings. The summed E-state index contributed by atoms with van der Waals surface area (Å²) in [6.07, 6.45) is -0.357. The summed E-state index contributed by atoms with van der Waals surface area (Å²) in [5, 5.41) is 3.38. The predicted molar refractivity (Wildman–Crippen MR) is 69.1 cm³/mol. The zero-order valence-electron chi connectivity index (χ0n) is 10.7. The quantitative estimate of drug-likeness (QED) is 0.457. The van der Waals surface area contributed by atoms with Crippen molar-refractivity contribution in [3.63, 3.8) is 0 Å². The Bertz CT molecular complexity index is 643. The maximum absolute atomic E-state index is 13.3. The molecule has 0 unspecified atom stereocenters. The predicted octanol–water partition coefficient (Wildman–Crippen LogP) is 4.33. The molecule has 2 aromatic carbocycles. The fraction of sp³-hybridized carbons (Fsp3) is 0.133. The van der Waals surface area contributed by atoms with Crippen molar-refractivity contribution in [1.82, 2.24) is 0 Å². The molecule has 2 aromatic rings. The molecular weight excluding hydrogens is 286 g/mol. The van der Waals surface area contributed by atoms with Gasteiger partial charge in [0.25, 0.3) is 6.43 Å². The lowest BCUT2D eigenvalue weighted by Gasteiger charge is -2.04. The van der Waals surface area contributed by atoms with Crippen LogP contribution in [0.15, 0.2) is 47.6 Å². The fourth-order valence-corrected chi connectivity index (χ4v) is 1.63. The highest BCUT2D eigenvalue weighted by Crippen LogP contribution is 2.21. The summed E-state index contributed by atoms with van der Waals surface area (Å²) in [4.78, 5) is 4.76. The molecule has 0 spiro atoms. The molecule has 0 heterocycles. The van der Waals surface area contributed by atoms with Gasteiger partial charge in [0, 0.05) is 16.7 Å². The molecule has 0 saturated carbocycles. The number of halogens is 4. The van der Waals surface area contributed by atoms with E-state index in [-0.39, 0.29) is 23.3 Å². The van der Waals surface area contributed by atoms with Gasteiger partial charge in [0.2, 0.25) is 0 Å². The third kappa shape index (κ3) is 3.81. The number of benzene rings is 2. The number of hydrogen-bond donors (Lipinski definition) is 0. The number of rotatable bonds is 5. The largest absolute Gasteiger partial charge is 0.390 e. The maximum atomic E-state index is 13.3. The summed E-state index contributed by atoms with van der Waals surface area (Å²) < 4.78 is 51.6. The molecule has 6 heteroatoms. The Morgan fingerprint density at radius 1 is 1.05 bits per heavy atom. The van der Waals surface area contributed by atoms with Gasteiger partial charge < -0.3 is 4.84 Å². The SMILES string of the molecule is Fc1cccc(CO/N=[C]\c2ccccc2C(F)F)c1F. The van der Waals surface area contributed by atoms with Gasteiger partial charge in [-0.15, -0.1) is 0 Å². The van der Waals surface area contributed by atoms with E-state index in [1.54, 1.807) is 6.07 Å². The van der Waals surface area contributed by atoms with E-state index in [1.165, 1.54) is 30.3 Å². The normalized spacial score (nSPS) is 11.3. The van der Waals surface area contributed by atoms with Crippen molar-refractivity contribution < 1.29 is 22.4 Å². The van der Waals surface area contributed by atoms with Crippen LogP contribution in [-0.4, -0.2) is 6.21 Å². The van der Waals surface area contributed by atoms with E-state index < -0.39 is 18.1 Å². The lowest BCUT2D eigenvalue weighted by Crippen LogP contribution is -1.96. The monoisotopic (exact) mass is 296 g/mol. The van der Waals surface area contributed by atoms with Crippen LogP contribution in [-0.2, 0) is 11.4 Å².